The van der Waals surface area contributed by atoms with Crippen LogP contribution >= 0.6 is 0 Å². The number of esters is 3. The summed E-state index contributed by atoms with van der Waals surface area (Å²) < 4.78 is 16.9. The number of ketones is 3. The van der Waals surface area contributed by atoms with E-state index in [1.807, 2.05) is 193 Å². The molecule has 0 saturated carbocycles. The van der Waals surface area contributed by atoms with Gasteiger partial charge in [-0.05, 0) is 144 Å². The van der Waals surface area contributed by atoms with Crippen LogP contribution in [0.25, 0.3) is 0 Å². The maximum absolute atomic E-state index is 13.8. The molecule has 6 aromatic carbocycles. The van der Waals surface area contributed by atoms with Crippen LogP contribution < -0.4 is 9.47 Å². The van der Waals surface area contributed by atoms with E-state index in [0.717, 1.165) is 44.5 Å². The predicted molar refractivity (Wildman–Crippen MR) is 341 cm³/mol. The lowest BCUT2D eigenvalue weighted by atomic mass is 9.59. The van der Waals surface area contributed by atoms with Crippen LogP contribution in [-0.4, -0.2) is 40.9 Å². The molecule has 9 nitrogen and oxygen atoms in total. The average Bonchev–Trinajstić information content (AvgIpc) is 1.07. The molecule has 0 spiro atoms. The van der Waals surface area contributed by atoms with Crippen LogP contribution in [0.15, 0.2) is 152 Å². The highest BCUT2D eigenvalue weighted by atomic mass is 16.6. The van der Waals surface area contributed by atoms with Crippen LogP contribution in [0.3, 0.4) is 0 Å². The Labute approximate surface area is 503 Å². The maximum atomic E-state index is 13.8. The number of benzene rings is 6. The summed E-state index contributed by atoms with van der Waals surface area (Å²) in [5.74, 6) is -2.46. The summed E-state index contributed by atoms with van der Waals surface area (Å²) in [6.45, 7) is 44.1. The van der Waals surface area contributed by atoms with Crippen molar-refractivity contribution in [1.29, 1.82) is 0 Å². The van der Waals surface area contributed by atoms with Crippen LogP contribution in [0.5, 0.6) is 11.5 Å². The quantitative estimate of drug-likeness (QED) is 0.0379. The average molecular weight is 1140 g/mol. The van der Waals surface area contributed by atoms with Crippen LogP contribution in [0.4, 0.5) is 0 Å². The zero-order chi connectivity index (χ0) is 63.5. The monoisotopic (exact) mass is 1140 g/mol. The molecule has 0 N–H and O–H groups in total. The molecule has 0 aliphatic rings. The lowest BCUT2D eigenvalue weighted by molar-refractivity contribution is -0.163. The van der Waals surface area contributed by atoms with Crippen molar-refractivity contribution in [3.63, 3.8) is 0 Å². The van der Waals surface area contributed by atoms with Gasteiger partial charge in [-0.15, -0.1) is 0 Å². The summed E-state index contributed by atoms with van der Waals surface area (Å²) in [5.41, 5.74) is 4.36. The number of rotatable bonds is 17. The Kier molecular flexibility index (Phi) is 23.1. The zero-order valence-corrected chi connectivity index (χ0v) is 54.5. The van der Waals surface area contributed by atoms with E-state index in [4.69, 9.17) is 14.2 Å². The van der Waals surface area contributed by atoms with Gasteiger partial charge in [0.1, 0.15) is 22.5 Å². The largest absolute Gasteiger partial charge is 0.454 e. The minimum atomic E-state index is -1.29. The Bertz CT molecular complexity index is 3020. The van der Waals surface area contributed by atoms with Gasteiger partial charge in [0.25, 0.3) is 5.78 Å². The molecule has 0 fully saturated rings. The molecule has 0 bridgehead atoms. The Morgan fingerprint density at radius 1 is 0.381 bits per heavy atom. The van der Waals surface area contributed by atoms with E-state index >= 15 is 0 Å². The number of carbonyl (C=O) groups is 6. The molecule has 0 heterocycles. The minimum Gasteiger partial charge on any atom is -0.454 e. The Balaban J connectivity index is 0.000000271. The number of Topliss-reactive ketones (excluding diaryl/α,β-unsaturated/α-hetero) is 3. The lowest BCUT2D eigenvalue weighted by Crippen LogP contribution is -2.50. The SMILES string of the molecule is CC(C)(C)OC(=O)C(=O)C(c1ccccc1)(c1ccccc1)c1ccccc1.CC(C)c1cccc(C(C)C)c1OC(=O)C(=O)C(C(C)C)(C(C)C)C(C)C.Cc1c(C(C)(C)C)cc(OC(=O)C(=O)C(C)(C)c2ccccc2)cc1C(C)(C)C. The molecule has 0 amide bonds. The molecule has 0 atom stereocenters. The van der Waals surface area contributed by atoms with Gasteiger partial charge in [-0.1, -0.05) is 250 Å². The van der Waals surface area contributed by atoms with Gasteiger partial charge in [0.15, 0.2) is 0 Å². The molecule has 9 heteroatoms. The van der Waals surface area contributed by atoms with Gasteiger partial charge < -0.3 is 14.2 Å². The molecule has 6 rings (SSSR count). The second kappa shape index (κ2) is 28.1. The van der Waals surface area contributed by atoms with Crippen molar-refractivity contribution in [3.05, 3.63) is 202 Å². The number of hydrogen-bond acceptors (Lipinski definition) is 9. The first-order chi connectivity index (χ1) is 38.9. The molecular formula is C75H96O9. The third-order valence-electron chi connectivity index (χ3n) is 16.0. The van der Waals surface area contributed by atoms with Crippen molar-refractivity contribution in [2.45, 2.75) is 191 Å². The third-order valence-corrected chi connectivity index (χ3v) is 16.0. The number of carbonyl (C=O) groups excluding carboxylic acids is 6. The normalized spacial score (nSPS) is 12.3. The van der Waals surface area contributed by atoms with Crippen LogP contribution in [0.2, 0.25) is 0 Å². The van der Waals surface area contributed by atoms with E-state index in [1.54, 1.807) is 34.6 Å². The number of ether oxygens (including phenoxy) is 3. The van der Waals surface area contributed by atoms with Crippen molar-refractivity contribution >= 4 is 35.3 Å². The van der Waals surface area contributed by atoms with E-state index in [0.29, 0.717) is 11.5 Å². The molecule has 0 aromatic heterocycles. The summed E-state index contributed by atoms with van der Waals surface area (Å²) in [6, 6.07) is 47.2. The molecule has 84 heavy (non-hydrogen) atoms. The van der Waals surface area contributed by atoms with Crippen molar-refractivity contribution in [3.8, 4) is 11.5 Å². The fourth-order valence-corrected chi connectivity index (χ4v) is 11.8. The zero-order valence-electron chi connectivity index (χ0n) is 54.5. The van der Waals surface area contributed by atoms with E-state index in [9.17, 15) is 28.8 Å². The van der Waals surface area contributed by atoms with E-state index in [-0.39, 0.29) is 40.4 Å². The number of hydrogen-bond donors (Lipinski definition) is 0. The second-order valence-electron chi connectivity index (χ2n) is 27.2. The molecular weight excluding hydrogens is 1040 g/mol. The molecule has 0 unspecified atom stereocenters. The van der Waals surface area contributed by atoms with E-state index < -0.39 is 57.1 Å². The molecule has 450 valence electrons. The number of para-hydroxylation sites is 1. The van der Waals surface area contributed by atoms with Crippen molar-refractivity contribution in [2.75, 3.05) is 0 Å². The van der Waals surface area contributed by atoms with E-state index in [1.165, 1.54) is 5.56 Å². The first kappa shape index (κ1) is 69.2. The highest BCUT2D eigenvalue weighted by Gasteiger charge is 2.51. The molecule has 0 radical (unpaired) electrons. The third kappa shape index (κ3) is 15.9. The molecule has 0 aliphatic heterocycles. The first-order valence-electron chi connectivity index (χ1n) is 29.7. The summed E-state index contributed by atoms with van der Waals surface area (Å²) in [6.07, 6.45) is 0. The molecule has 0 aliphatic carbocycles. The molecule has 6 aromatic rings. The van der Waals surface area contributed by atoms with Gasteiger partial charge in [0.05, 0.1) is 5.41 Å². The first-order valence-corrected chi connectivity index (χ1v) is 29.7. The van der Waals surface area contributed by atoms with Gasteiger partial charge in [0.2, 0.25) is 11.6 Å². The summed E-state index contributed by atoms with van der Waals surface area (Å²) in [5, 5.41) is 0. The summed E-state index contributed by atoms with van der Waals surface area (Å²) >= 11 is 0. The summed E-state index contributed by atoms with van der Waals surface area (Å²) in [4.78, 5) is 78.8. The maximum Gasteiger partial charge on any atom is 0.380 e. The van der Waals surface area contributed by atoms with Gasteiger partial charge in [-0.25, -0.2) is 14.4 Å². The van der Waals surface area contributed by atoms with Crippen molar-refractivity contribution in [1.82, 2.24) is 0 Å². The molecule has 0 saturated heterocycles. The van der Waals surface area contributed by atoms with Gasteiger partial charge in [-0.2, -0.15) is 0 Å². The predicted octanol–water partition coefficient (Wildman–Crippen LogP) is 17.3. The minimum absolute atomic E-state index is 0.0439. The van der Waals surface area contributed by atoms with Gasteiger partial charge in [-0.3, -0.25) is 14.4 Å². The van der Waals surface area contributed by atoms with Gasteiger partial charge in [0, 0.05) is 5.41 Å². The standard InChI is InChI=1S/C26H34O3.C25H24O3.C24H38O3/c1-17-20(24(2,3)4)15-19(16-21(17)25(5,6)7)29-23(28)22(27)26(8,9)18-13-11-10-12-14-18;1-24(2,3)28-23(27)22(26)25(19-13-7-4-8-14-19,20-15-9-5-10-16-20)21-17-11-6-12-18-21;1-14(2)19-12-11-13-20(15(3)4)21(19)27-23(26)22(25)24(16(5)6,17(7)8)18(9)10/h10-16H,1-9H3;4-18H,1-3H3;11-18H,1-10H3. The summed E-state index contributed by atoms with van der Waals surface area (Å²) in [7, 11) is 0. The van der Waals surface area contributed by atoms with Gasteiger partial charge >= 0.3 is 17.9 Å². The van der Waals surface area contributed by atoms with Crippen LogP contribution in [0, 0.1) is 30.1 Å². The Morgan fingerprint density at radius 2 is 0.714 bits per heavy atom. The topological polar surface area (TPSA) is 130 Å². The highest BCUT2D eigenvalue weighted by molar-refractivity contribution is 6.39. The lowest BCUT2D eigenvalue weighted by Gasteiger charge is -2.42. The fourth-order valence-electron chi connectivity index (χ4n) is 11.8. The van der Waals surface area contributed by atoms with Crippen molar-refractivity contribution in [2.24, 2.45) is 23.2 Å². The second-order valence-corrected chi connectivity index (χ2v) is 27.2. The van der Waals surface area contributed by atoms with Crippen LogP contribution in [-0.2, 0) is 55.2 Å². The highest BCUT2D eigenvalue weighted by Crippen LogP contribution is 2.46. The fraction of sp³-hybridized carbons (Fsp3) is 0.440. The Morgan fingerprint density at radius 3 is 1.02 bits per heavy atom. The van der Waals surface area contributed by atoms with Crippen LogP contribution in [0.1, 0.15) is 207 Å². The smallest absolute Gasteiger partial charge is 0.380 e. The van der Waals surface area contributed by atoms with E-state index in [2.05, 4.69) is 76.2 Å². The van der Waals surface area contributed by atoms with Crippen molar-refractivity contribution < 1.29 is 43.0 Å². The Hall–Kier alpha value is -7.26.